The highest BCUT2D eigenvalue weighted by molar-refractivity contribution is 6.03. The van der Waals surface area contributed by atoms with Gasteiger partial charge in [0.15, 0.2) is 0 Å². The minimum atomic E-state index is -1.16. The number of carboxylic acids is 1. The highest BCUT2D eigenvalue weighted by atomic mass is 16.4. The predicted molar refractivity (Wildman–Crippen MR) is 69.3 cm³/mol. The van der Waals surface area contributed by atoms with Crippen LogP contribution < -0.4 is 10.2 Å². The van der Waals surface area contributed by atoms with Crippen molar-refractivity contribution in [3.63, 3.8) is 0 Å². The molecule has 1 heterocycles. The van der Waals surface area contributed by atoms with E-state index in [0.717, 1.165) is 4.90 Å². The molecule has 1 aromatic carbocycles. The van der Waals surface area contributed by atoms with Crippen molar-refractivity contribution in [1.82, 2.24) is 5.32 Å². The summed E-state index contributed by atoms with van der Waals surface area (Å²) < 4.78 is 0. The number of nitrogens with one attached hydrogen (secondary N) is 1. The number of carbonyl (C=O) groups excluding carboxylic acids is 2. The van der Waals surface area contributed by atoms with E-state index in [-0.39, 0.29) is 18.1 Å². The van der Waals surface area contributed by atoms with E-state index in [9.17, 15) is 19.5 Å². The summed E-state index contributed by atoms with van der Waals surface area (Å²) in [6, 6.07) is 4.94. The summed E-state index contributed by atoms with van der Waals surface area (Å²) in [7, 11) is 0. The molecule has 1 aromatic rings. The van der Waals surface area contributed by atoms with Crippen molar-refractivity contribution in [2.24, 2.45) is 0 Å². The molecule has 0 bridgehead atoms. The Balaban J connectivity index is 2.22. The zero-order valence-electron chi connectivity index (χ0n) is 10.6. The van der Waals surface area contributed by atoms with Crippen molar-refractivity contribution in [3.05, 3.63) is 24.3 Å². The smallest absolute Gasteiger partial charge is 0.323 e. The molecule has 0 radical (unpaired) electrons. The van der Waals surface area contributed by atoms with Gasteiger partial charge in [0.05, 0.1) is 0 Å². The predicted octanol–water partition coefficient (Wildman–Crippen LogP) is 0.0884. The summed E-state index contributed by atoms with van der Waals surface area (Å²) in [5.41, 5.74) is 0.358. The normalized spacial score (nSPS) is 17.6. The van der Waals surface area contributed by atoms with Gasteiger partial charge < -0.3 is 15.5 Å². The second-order valence-electron chi connectivity index (χ2n) is 4.49. The average Bonchev–Trinajstić information content (AvgIpc) is 2.83. The molecule has 2 amide bonds. The Labute approximate surface area is 114 Å². The van der Waals surface area contributed by atoms with E-state index in [0.29, 0.717) is 12.1 Å². The lowest BCUT2D eigenvalue weighted by Crippen LogP contribution is -2.46. The minimum absolute atomic E-state index is 0.0191. The van der Waals surface area contributed by atoms with Crippen LogP contribution in [0.4, 0.5) is 5.69 Å². The molecule has 0 saturated carbocycles. The van der Waals surface area contributed by atoms with Gasteiger partial charge in [-0.2, -0.15) is 0 Å². The third-order valence-corrected chi connectivity index (χ3v) is 3.01. The van der Waals surface area contributed by atoms with Crippen molar-refractivity contribution in [2.45, 2.75) is 18.9 Å². The van der Waals surface area contributed by atoms with Gasteiger partial charge in [0.25, 0.3) is 0 Å². The lowest BCUT2D eigenvalue weighted by molar-refractivity contribution is -0.136. The first-order valence-corrected chi connectivity index (χ1v) is 6.09. The molecule has 3 N–H and O–H groups in total. The summed E-state index contributed by atoms with van der Waals surface area (Å²) in [5, 5.41) is 20.7. The summed E-state index contributed by atoms with van der Waals surface area (Å²) in [5.74, 6) is -1.82. The summed E-state index contributed by atoms with van der Waals surface area (Å²) in [6.45, 7) is -0.504. The van der Waals surface area contributed by atoms with Crippen molar-refractivity contribution in [3.8, 4) is 5.75 Å². The molecule has 0 unspecified atom stereocenters. The fourth-order valence-corrected chi connectivity index (χ4v) is 2.05. The lowest BCUT2D eigenvalue weighted by atomic mass is 10.1. The largest absolute Gasteiger partial charge is 0.508 e. The molecule has 1 fully saturated rings. The first-order chi connectivity index (χ1) is 9.47. The van der Waals surface area contributed by atoms with Crippen molar-refractivity contribution in [2.75, 3.05) is 11.4 Å². The van der Waals surface area contributed by atoms with Gasteiger partial charge in [0, 0.05) is 12.1 Å². The third-order valence-electron chi connectivity index (χ3n) is 3.01. The van der Waals surface area contributed by atoms with Crippen LogP contribution in [-0.2, 0) is 14.4 Å². The standard InChI is InChI=1S/C13H14N2O5/c16-9-3-1-8(2-4-9)15(7-12(18)19)13(20)10-5-6-11(17)14-10/h1-4,10,16H,5-7H2,(H,14,17)(H,18,19)/t10-/m0/s1. The molecule has 1 saturated heterocycles. The first kappa shape index (κ1) is 13.9. The average molecular weight is 278 g/mol. The summed E-state index contributed by atoms with van der Waals surface area (Å²) in [6.07, 6.45) is 0.610. The van der Waals surface area contributed by atoms with Crippen LogP contribution in [0.1, 0.15) is 12.8 Å². The van der Waals surface area contributed by atoms with E-state index in [1.165, 1.54) is 24.3 Å². The number of aromatic hydroxyl groups is 1. The van der Waals surface area contributed by atoms with E-state index < -0.39 is 24.5 Å². The van der Waals surface area contributed by atoms with E-state index in [1.54, 1.807) is 0 Å². The first-order valence-electron chi connectivity index (χ1n) is 6.09. The summed E-state index contributed by atoms with van der Waals surface area (Å²) in [4.78, 5) is 35.4. The van der Waals surface area contributed by atoms with Crippen LogP contribution in [0, 0.1) is 0 Å². The Hall–Kier alpha value is -2.57. The fraction of sp³-hybridized carbons (Fsp3) is 0.308. The monoisotopic (exact) mass is 278 g/mol. The molecule has 106 valence electrons. The van der Waals surface area contributed by atoms with Crippen molar-refractivity contribution >= 4 is 23.5 Å². The Kier molecular flexibility index (Phi) is 3.88. The van der Waals surface area contributed by atoms with E-state index in [4.69, 9.17) is 5.11 Å². The molecule has 1 aliphatic heterocycles. The fourth-order valence-electron chi connectivity index (χ4n) is 2.05. The van der Waals surface area contributed by atoms with Gasteiger partial charge in [-0.05, 0) is 30.7 Å². The number of carboxylic acid groups (broad SMARTS) is 1. The number of anilines is 1. The molecule has 7 heteroatoms. The number of rotatable bonds is 4. The van der Waals surface area contributed by atoms with Crippen molar-refractivity contribution < 1.29 is 24.6 Å². The maximum Gasteiger partial charge on any atom is 0.323 e. The number of hydrogen-bond acceptors (Lipinski definition) is 4. The number of nitrogens with zero attached hydrogens (tertiary/aromatic N) is 1. The molecule has 7 nitrogen and oxygen atoms in total. The lowest BCUT2D eigenvalue weighted by Gasteiger charge is -2.24. The van der Waals surface area contributed by atoms with Crippen LogP contribution in [0.2, 0.25) is 0 Å². The zero-order valence-corrected chi connectivity index (χ0v) is 10.6. The molecule has 1 aliphatic rings. The Morgan fingerprint density at radius 1 is 1.30 bits per heavy atom. The van der Waals surface area contributed by atoms with Gasteiger partial charge >= 0.3 is 5.97 Å². The van der Waals surface area contributed by atoms with Crippen molar-refractivity contribution in [1.29, 1.82) is 0 Å². The van der Waals surface area contributed by atoms with Gasteiger partial charge in [0.2, 0.25) is 11.8 Å². The maximum absolute atomic E-state index is 12.3. The number of benzene rings is 1. The molecule has 1 atom stereocenters. The number of aliphatic carboxylic acids is 1. The van der Waals surface area contributed by atoms with Crippen LogP contribution in [0.25, 0.3) is 0 Å². The second-order valence-corrected chi connectivity index (χ2v) is 4.49. The quantitative estimate of drug-likeness (QED) is 0.723. The molecule has 2 rings (SSSR count). The number of carbonyl (C=O) groups is 3. The molecule has 0 aliphatic carbocycles. The van der Waals surface area contributed by atoms with Crippen LogP contribution in [0.15, 0.2) is 24.3 Å². The number of hydrogen-bond donors (Lipinski definition) is 3. The van der Waals surface area contributed by atoms with Crippen LogP contribution in [0.3, 0.4) is 0 Å². The SMILES string of the molecule is O=C(O)CN(C(=O)[C@@H]1CCC(=O)N1)c1ccc(O)cc1. The number of phenolic OH excluding ortho intramolecular Hbond substituents is 1. The van der Waals surface area contributed by atoms with Gasteiger partial charge in [-0.3, -0.25) is 19.3 Å². The zero-order chi connectivity index (χ0) is 14.7. The Morgan fingerprint density at radius 2 is 1.95 bits per heavy atom. The van der Waals surface area contributed by atoms with Crippen LogP contribution in [-0.4, -0.2) is 40.6 Å². The van der Waals surface area contributed by atoms with Gasteiger partial charge in [0.1, 0.15) is 18.3 Å². The number of amides is 2. The molecule has 20 heavy (non-hydrogen) atoms. The molecular formula is C13H14N2O5. The van der Waals surface area contributed by atoms with Gasteiger partial charge in [-0.15, -0.1) is 0 Å². The van der Waals surface area contributed by atoms with Crippen LogP contribution >= 0.6 is 0 Å². The second kappa shape index (κ2) is 5.60. The van der Waals surface area contributed by atoms with Crippen LogP contribution in [0.5, 0.6) is 5.75 Å². The van der Waals surface area contributed by atoms with Gasteiger partial charge in [-0.1, -0.05) is 0 Å². The molecule has 0 aromatic heterocycles. The third kappa shape index (κ3) is 3.05. The van der Waals surface area contributed by atoms with Gasteiger partial charge in [-0.25, -0.2) is 0 Å². The number of phenols is 1. The Bertz CT molecular complexity index is 540. The van der Waals surface area contributed by atoms with E-state index >= 15 is 0 Å². The summed E-state index contributed by atoms with van der Waals surface area (Å²) >= 11 is 0. The van der Waals surface area contributed by atoms with E-state index in [2.05, 4.69) is 5.32 Å². The molecule has 0 spiro atoms. The highest BCUT2D eigenvalue weighted by Gasteiger charge is 2.32. The topological polar surface area (TPSA) is 107 Å². The minimum Gasteiger partial charge on any atom is -0.508 e. The molecular weight excluding hydrogens is 264 g/mol. The van der Waals surface area contributed by atoms with E-state index in [1.807, 2.05) is 0 Å². The highest BCUT2D eigenvalue weighted by Crippen LogP contribution is 2.21. The Morgan fingerprint density at radius 3 is 2.45 bits per heavy atom. The maximum atomic E-state index is 12.3.